The third kappa shape index (κ3) is 3.69. The molecule has 4 rings (SSSR count). The fraction of sp³-hybridized carbons (Fsp3) is 0.125. The van der Waals surface area contributed by atoms with E-state index in [1.54, 1.807) is 11.8 Å². The van der Waals surface area contributed by atoms with E-state index in [2.05, 4.69) is 47.8 Å². The van der Waals surface area contributed by atoms with Crippen LogP contribution in [0.25, 0.3) is 17.2 Å². The molecule has 3 aromatic rings. The highest BCUT2D eigenvalue weighted by atomic mass is 32.2. The largest absolute Gasteiger partial charge is 0.322 e. The Morgan fingerprint density at radius 2 is 1.78 bits per heavy atom. The highest BCUT2D eigenvalue weighted by Gasteiger charge is 2.12. The van der Waals surface area contributed by atoms with Gasteiger partial charge in [0.25, 0.3) is 5.91 Å². The molecule has 0 aromatic heterocycles. The number of benzene rings is 3. The Kier molecular flexibility index (Phi) is 5.12. The first-order valence-corrected chi connectivity index (χ1v) is 10.3. The number of hydrogen-bond donors (Lipinski definition) is 1. The van der Waals surface area contributed by atoms with Crippen LogP contribution < -0.4 is 5.32 Å². The SMILES string of the molecule is CSc1ccccc1C(=O)Nc1ccc(-c2cccc3c2C=CCC3)cc1. The topological polar surface area (TPSA) is 29.1 Å². The lowest BCUT2D eigenvalue weighted by Gasteiger charge is -2.15. The summed E-state index contributed by atoms with van der Waals surface area (Å²) in [5, 5.41) is 3.01. The summed E-state index contributed by atoms with van der Waals surface area (Å²) in [7, 11) is 0. The van der Waals surface area contributed by atoms with E-state index < -0.39 is 0 Å². The predicted octanol–water partition coefficient (Wildman–Crippen LogP) is 6.29. The van der Waals surface area contributed by atoms with Gasteiger partial charge in [-0.15, -0.1) is 11.8 Å². The Bertz CT molecular complexity index is 1010. The molecule has 134 valence electrons. The first-order chi connectivity index (χ1) is 13.3. The predicted molar refractivity (Wildman–Crippen MR) is 115 cm³/mol. The number of carbonyl (C=O) groups excluding carboxylic acids is 1. The molecule has 0 aliphatic heterocycles. The maximum atomic E-state index is 12.6. The van der Waals surface area contributed by atoms with Crippen molar-refractivity contribution in [3.63, 3.8) is 0 Å². The summed E-state index contributed by atoms with van der Waals surface area (Å²) < 4.78 is 0. The summed E-state index contributed by atoms with van der Waals surface area (Å²) >= 11 is 1.58. The molecule has 0 atom stereocenters. The highest BCUT2D eigenvalue weighted by molar-refractivity contribution is 7.98. The van der Waals surface area contributed by atoms with Crippen LogP contribution in [-0.4, -0.2) is 12.2 Å². The molecule has 3 heteroatoms. The molecule has 0 saturated heterocycles. The van der Waals surface area contributed by atoms with Gasteiger partial charge in [-0.2, -0.15) is 0 Å². The average molecular weight is 372 g/mol. The van der Waals surface area contributed by atoms with Crippen molar-refractivity contribution in [1.82, 2.24) is 0 Å². The van der Waals surface area contributed by atoms with Gasteiger partial charge in [0.1, 0.15) is 0 Å². The van der Waals surface area contributed by atoms with Gasteiger partial charge in [0, 0.05) is 10.6 Å². The Hall–Kier alpha value is -2.78. The molecule has 27 heavy (non-hydrogen) atoms. The Morgan fingerprint density at radius 3 is 2.59 bits per heavy atom. The van der Waals surface area contributed by atoms with Crippen molar-refractivity contribution in [1.29, 1.82) is 0 Å². The number of rotatable bonds is 4. The third-order valence-electron chi connectivity index (χ3n) is 4.87. The minimum absolute atomic E-state index is 0.0762. The third-order valence-corrected chi connectivity index (χ3v) is 5.66. The average Bonchev–Trinajstić information content (AvgIpc) is 2.74. The zero-order valence-corrected chi connectivity index (χ0v) is 16.1. The van der Waals surface area contributed by atoms with Gasteiger partial charge in [-0.05, 0) is 65.6 Å². The quantitative estimate of drug-likeness (QED) is 0.546. The van der Waals surface area contributed by atoms with E-state index in [9.17, 15) is 4.79 Å². The minimum Gasteiger partial charge on any atom is -0.322 e. The molecule has 0 spiro atoms. The van der Waals surface area contributed by atoms with Gasteiger partial charge in [0.2, 0.25) is 0 Å². The molecule has 1 amide bonds. The van der Waals surface area contributed by atoms with Crippen molar-refractivity contribution in [2.45, 2.75) is 17.7 Å². The number of aryl methyl sites for hydroxylation is 1. The second-order valence-electron chi connectivity index (χ2n) is 6.55. The summed E-state index contributed by atoms with van der Waals surface area (Å²) in [6.07, 6.45) is 8.66. The van der Waals surface area contributed by atoms with Gasteiger partial charge >= 0.3 is 0 Å². The van der Waals surface area contributed by atoms with Gasteiger partial charge < -0.3 is 5.32 Å². The number of allylic oxidation sites excluding steroid dienone is 1. The van der Waals surface area contributed by atoms with Crippen LogP contribution in [0.4, 0.5) is 5.69 Å². The smallest absolute Gasteiger partial charge is 0.256 e. The fourth-order valence-corrected chi connectivity index (χ4v) is 4.08. The summed E-state index contributed by atoms with van der Waals surface area (Å²) in [6, 6.07) is 22.3. The van der Waals surface area contributed by atoms with E-state index in [1.807, 2.05) is 42.7 Å². The molecule has 1 aliphatic rings. The maximum absolute atomic E-state index is 12.6. The lowest BCUT2D eigenvalue weighted by molar-refractivity contribution is 0.102. The number of nitrogens with one attached hydrogen (secondary N) is 1. The number of carbonyl (C=O) groups is 1. The monoisotopic (exact) mass is 371 g/mol. The molecular weight excluding hydrogens is 350 g/mol. The van der Waals surface area contributed by atoms with Crippen molar-refractivity contribution in [2.75, 3.05) is 11.6 Å². The van der Waals surface area contributed by atoms with Crippen LogP contribution in [0, 0.1) is 0 Å². The highest BCUT2D eigenvalue weighted by Crippen LogP contribution is 2.31. The number of anilines is 1. The van der Waals surface area contributed by atoms with E-state index in [1.165, 1.54) is 22.3 Å². The number of fused-ring (bicyclic) bond motifs is 1. The molecule has 1 aliphatic carbocycles. The van der Waals surface area contributed by atoms with Gasteiger partial charge in [0.05, 0.1) is 5.56 Å². The lowest BCUT2D eigenvalue weighted by atomic mass is 9.90. The van der Waals surface area contributed by atoms with Gasteiger partial charge in [-0.1, -0.05) is 54.6 Å². The van der Waals surface area contributed by atoms with Crippen molar-refractivity contribution < 1.29 is 4.79 Å². The summed E-state index contributed by atoms with van der Waals surface area (Å²) in [6.45, 7) is 0. The van der Waals surface area contributed by atoms with Crippen molar-refractivity contribution in [3.8, 4) is 11.1 Å². The molecule has 0 radical (unpaired) electrons. The van der Waals surface area contributed by atoms with E-state index in [-0.39, 0.29) is 5.91 Å². The fourth-order valence-electron chi connectivity index (χ4n) is 3.48. The normalized spacial score (nSPS) is 12.5. The van der Waals surface area contributed by atoms with E-state index in [0.29, 0.717) is 5.56 Å². The van der Waals surface area contributed by atoms with Gasteiger partial charge in [0.15, 0.2) is 0 Å². The van der Waals surface area contributed by atoms with E-state index in [0.717, 1.165) is 23.4 Å². The lowest BCUT2D eigenvalue weighted by Crippen LogP contribution is -2.12. The van der Waals surface area contributed by atoms with Crippen LogP contribution >= 0.6 is 11.8 Å². The van der Waals surface area contributed by atoms with E-state index in [4.69, 9.17) is 0 Å². The Morgan fingerprint density at radius 1 is 0.963 bits per heavy atom. The molecule has 0 heterocycles. The van der Waals surface area contributed by atoms with Crippen molar-refractivity contribution >= 4 is 29.4 Å². The molecule has 0 bridgehead atoms. The summed E-state index contributed by atoms with van der Waals surface area (Å²) in [5.41, 5.74) is 6.64. The van der Waals surface area contributed by atoms with Gasteiger partial charge in [-0.25, -0.2) is 0 Å². The van der Waals surface area contributed by atoms with E-state index >= 15 is 0 Å². The zero-order chi connectivity index (χ0) is 18.6. The molecule has 3 aromatic carbocycles. The first kappa shape index (κ1) is 17.6. The number of thioether (sulfide) groups is 1. The molecule has 1 N–H and O–H groups in total. The molecule has 2 nitrogen and oxygen atoms in total. The summed E-state index contributed by atoms with van der Waals surface area (Å²) in [5.74, 6) is -0.0762. The zero-order valence-electron chi connectivity index (χ0n) is 15.2. The molecular formula is C24H21NOS. The van der Waals surface area contributed by atoms with Crippen LogP contribution in [-0.2, 0) is 6.42 Å². The van der Waals surface area contributed by atoms with Crippen molar-refractivity contribution in [3.05, 3.63) is 89.5 Å². The van der Waals surface area contributed by atoms with Crippen LogP contribution in [0.2, 0.25) is 0 Å². The minimum atomic E-state index is -0.0762. The maximum Gasteiger partial charge on any atom is 0.256 e. The van der Waals surface area contributed by atoms with Gasteiger partial charge in [-0.3, -0.25) is 4.79 Å². The summed E-state index contributed by atoms with van der Waals surface area (Å²) in [4.78, 5) is 13.6. The Balaban J connectivity index is 1.57. The second kappa shape index (κ2) is 7.85. The second-order valence-corrected chi connectivity index (χ2v) is 7.40. The molecule has 0 fully saturated rings. The first-order valence-electron chi connectivity index (χ1n) is 9.09. The number of amides is 1. The number of hydrogen-bond acceptors (Lipinski definition) is 2. The Labute approximate surface area is 164 Å². The van der Waals surface area contributed by atoms with Crippen LogP contribution in [0.15, 0.2) is 77.7 Å². The van der Waals surface area contributed by atoms with Crippen LogP contribution in [0.5, 0.6) is 0 Å². The van der Waals surface area contributed by atoms with Crippen molar-refractivity contribution in [2.24, 2.45) is 0 Å². The molecule has 0 unspecified atom stereocenters. The van der Waals surface area contributed by atoms with Crippen LogP contribution in [0.1, 0.15) is 27.9 Å². The molecule has 0 saturated carbocycles. The van der Waals surface area contributed by atoms with Crippen LogP contribution in [0.3, 0.4) is 0 Å². The standard InChI is InChI=1S/C24H21NOS/c1-27-23-12-5-4-10-22(23)24(26)25-19-15-13-18(14-16-19)21-11-6-8-17-7-2-3-9-20(17)21/h3-6,8-16H,2,7H2,1H3,(H,25,26).